The maximum absolute atomic E-state index is 12.8. The first kappa shape index (κ1) is 25.9. The van der Waals surface area contributed by atoms with E-state index in [4.69, 9.17) is 14.2 Å². The van der Waals surface area contributed by atoms with Crippen molar-refractivity contribution < 1.29 is 34.3 Å². The van der Waals surface area contributed by atoms with Crippen LogP contribution in [-0.4, -0.2) is 34.5 Å². The molecule has 4 aromatic rings. The van der Waals surface area contributed by atoms with E-state index in [1.165, 1.54) is 7.11 Å². The van der Waals surface area contributed by atoms with Crippen molar-refractivity contribution in [2.45, 2.75) is 36.8 Å². The lowest BCUT2D eigenvalue weighted by molar-refractivity contribution is -0.159. The van der Waals surface area contributed by atoms with E-state index in [2.05, 4.69) is 0 Å². The number of aliphatic hydroxyl groups excluding tert-OH is 1. The molecule has 1 saturated carbocycles. The Morgan fingerprint density at radius 3 is 2.23 bits per heavy atom. The number of carboxylic acids is 1. The van der Waals surface area contributed by atoms with Crippen molar-refractivity contribution in [2.24, 2.45) is 5.92 Å². The fraction of sp³-hybridized carbons (Fsp3) is 0.242. The SMILES string of the molecule is COc1cc(C)cc2c1[C@]1(O)[C@H](O)[C@@H](C(=O)O)[C@H](c3ccccc3)[C@]1(c1ccc(OCc3ccccc3)cc1)O2. The summed E-state index contributed by atoms with van der Waals surface area (Å²) in [5.74, 6) is -2.30. The van der Waals surface area contributed by atoms with Gasteiger partial charge in [0, 0.05) is 5.92 Å². The standard InChI is InChI=1S/C33H30O7/c1-20-17-25(38-2)29-26(18-20)40-33(23-13-15-24(16-14-23)39-19-21-9-5-3-6-10-21)28(22-11-7-4-8-12-22)27(31(35)36)30(34)32(29,33)37/h3-18,27-28,30,34,37H,19H2,1-2H3,(H,35,36)/t27-,28-,30+,32-,33-/m0/s1. The van der Waals surface area contributed by atoms with Gasteiger partial charge >= 0.3 is 5.97 Å². The van der Waals surface area contributed by atoms with Crippen molar-refractivity contribution in [3.8, 4) is 17.2 Å². The first-order chi connectivity index (χ1) is 19.3. The molecule has 6 rings (SSSR count). The lowest BCUT2D eigenvalue weighted by Crippen LogP contribution is -2.52. The van der Waals surface area contributed by atoms with Gasteiger partial charge in [0.2, 0.25) is 0 Å². The molecule has 0 bridgehead atoms. The van der Waals surface area contributed by atoms with E-state index in [1.807, 2.05) is 43.3 Å². The number of benzene rings is 4. The number of carboxylic acid groups (broad SMARTS) is 1. The second-order valence-corrected chi connectivity index (χ2v) is 10.4. The molecule has 204 valence electrons. The number of carbonyl (C=O) groups is 1. The second-order valence-electron chi connectivity index (χ2n) is 10.4. The zero-order valence-electron chi connectivity index (χ0n) is 22.2. The van der Waals surface area contributed by atoms with E-state index in [-0.39, 0.29) is 5.56 Å². The predicted octanol–water partition coefficient (Wildman–Crippen LogP) is 4.92. The molecule has 0 amide bonds. The van der Waals surface area contributed by atoms with Gasteiger partial charge in [0.15, 0.2) is 11.2 Å². The lowest BCUT2D eigenvalue weighted by Gasteiger charge is -2.40. The molecular weight excluding hydrogens is 508 g/mol. The molecule has 5 atom stereocenters. The number of hydrogen-bond donors (Lipinski definition) is 3. The minimum atomic E-state index is -2.14. The summed E-state index contributed by atoms with van der Waals surface area (Å²) < 4.78 is 18.4. The van der Waals surface area contributed by atoms with Crippen molar-refractivity contribution in [2.75, 3.05) is 7.11 Å². The highest BCUT2D eigenvalue weighted by Gasteiger charge is 2.78. The van der Waals surface area contributed by atoms with Gasteiger partial charge in [-0.1, -0.05) is 72.8 Å². The van der Waals surface area contributed by atoms with Crippen LogP contribution in [0.4, 0.5) is 0 Å². The average molecular weight is 539 g/mol. The van der Waals surface area contributed by atoms with Crippen molar-refractivity contribution in [1.29, 1.82) is 0 Å². The third kappa shape index (κ3) is 3.69. The number of methoxy groups -OCH3 is 1. The number of aliphatic carboxylic acids is 1. The summed E-state index contributed by atoms with van der Waals surface area (Å²) in [4.78, 5) is 12.8. The smallest absolute Gasteiger partial charge is 0.310 e. The monoisotopic (exact) mass is 538 g/mol. The highest BCUT2D eigenvalue weighted by Crippen LogP contribution is 2.70. The van der Waals surface area contributed by atoms with Gasteiger partial charge in [-0.05, 0) is 53.4 Å². The van der Waals surface area contributed by atoms with Crippen LogP contribution in [0, 0.1) is 12.8 Å². The van der Waals surface area contributed by atoms with Crippen LogP contribution in [-0.2, 0) is 22.6 Å². The fourth-order valence-corrected chi connectivity index (χ4v) is 6.52. The summed E-state index contributed by atoms with van der Waals surface area (Å²) in [5, 5.41) is 34.8. The summed E-state index contributed by atoms with van der Waals surface area (Å²) in [6, 6.07) is 29.4. The van der Waals surface area contributed by atoms with Gasteiger partial charge in [-0.15, -0.1) is 0 Å². The van der Waals surface area contributed by atoms with Crippen molar-refractivity contribution in [3.63, 3.8) is 0 Å². The van der Waals surface area contributed by atoms with Crippen LogP contribution in [0.1, 0.15) is 33.7 Å². The summed E-state index contributed by atoms with van der Waals surface area (Å²) in [6.45, 7) is 2.25. The summed E-state index contributed by atoms with van der Waals surface area (Å²) in [5.41, 5.74) is -0.603. The predicted molar refractivity (Wildman–Crippen MR) is 147 cm³/mol. The molecule has 1 aliphatic carbocycles. The Labute approximate surface area is 232 Å². The number of fused-ring (bicyclic) bond motifs is 3. The van der Waals surface area contributed by atoms with Gasteiger partial charge in [-0.2, -0.15) is 0 Å². The molecule has 0 radical (unpaired) electrons. The Morgan fingerprint density at radius 1 is 0.950 bits per heavy atom. The Balaban J connectivity index is 1.53. The number of ether oxygens (including phenoxy) is 3. The normalized spacial score (nSPS) is 26.4. The zero-order valence-corrected chi connectivity index (χ0v) is 22.2. The topological polar surface area (TPSA) is 105 Å². The van der Waals surface area contributed by atoms with Gasteiger partial charge in [0.05, 0.1) is 18.6 Å². The molecule has 2 aliphatic rings. The zero-order chi connectivity index (χ0) is 28.1. The molecule has 0 aromatic heterocycles. The lowest BCUT2D eigenvalue weighted by atomic mass is 9.70. The van der Waals surface area contributed by atoms with E-state index >= 15 is 0 Å². The van der Waals surface area contributed by atoms with Crippen molar-refractivity contribution in [3.05, 3.63) is 125 Å². The van der Waals surface area contributed by atoms with E-state index in [1.54, 1.807) is 60.7 Å². The van der Waals surface area contributed by atoms with Gasteiger partial charge in [0.1, 0.15) is 30.0 Å². The molecule has 7 heteroatoms. The van der Waals surface area contributed by atoms with Crippen LogP contribution in [0.3, 0.4) is 0 Å². The molecule has 40 heavy (non-hydrogen) atoms. The first-order valence-corrected chi connectivity index (χ1v) is 13.1. The third-order valence-electron chi connectivity index (χ3n) is 8.19. The van der Waals surface area contributed by atoms with Gasteiger partial charge in [-0.25, -0.2) is 0 Å². The summed E-state index contributed by atoms with van der Waals surface area (Å²) in [7, 11) is 1.47. The first-order valence-electron chi connectivity index (χ1n) is 13.1. The maximum Gasteiger partial charge on any atom is 0.310 e. The molecule has 0 saturated heterocycles. The highest BCUT2D eigenvalue weighted by atomic mass is 16.5. The molecule has 1 heterocycles. The number of rotatable bonds is 7. The molecule has 0 unspecified atom stereocenters. The van der Waals surface area contributed by atoms with Crippen LogP contribution < -0.4 is 14.2 Å². The van der Waals surface area contributed by atoms with Crippen LogP contribution >= 0.6 is 0 Å². The van der Waals surface area contributed by atoms with E-state index in [9.17, 15) is 20.1 Å². The summed E-state index contributed by atoms with van der Waals surface area (Å²) in [6.07, 6.45) is -1.71. The molecular formula is C33H30O7. The average Bonchev–Trinajstić information content (AvgIpc) is 3.35. The number of hydrogen-bond acceptors (Lipinski definition) is 6. The molecule has 0 spiro atoms. The Morgan fingerprint density at radius 2 is 1.60 bits per heavy atom. The molecule has 1 fully saturated rings. The Hall–Kier alpha value is -4.33. The number of aryl methyl sites for hydroxylation is 1. The molecule has 4 aromatic carbocycles. The maximum atomic E-state index is 12.8. The molecule has 1 aliphatic heterocycles. The largest absolute Gasteiger partial charge is 0.496 e. The molecule has 3 N–H and O–H groups in total. The minimum Gasteiger partial charge on any atom is -0.496 e. The van der Waals surface area contributed by atoms with Crippen molar-refractivity contribution >= 4 is 5.97 Å². The van der Waals surface area contributed by atoms with E-state index in [0.29, 0.717) is 35.0 Å². The quantitative estimate of drug-likeness (QED) is 0.307. The van der Waals surface area contributed by atoms with Crippen LogP contribution in [0.5, 0.6) is 17.2 Å². The minimum absolute atomic E-state index is 0.238. The number of aliphatic hydroxyl groups is 2. The van der Waals surface area contributed by atoms with Crippen LogP contribution in [0.2, 0.25) is 0 Å². The van der Waals surface area contributed by atoms with E-state index in [0.717, 1.165) is 11.1 Å². The third-order valence-corrected chi connectivity index (χ3v) is 8.19. The van der Waals surface area contributed by atoms with Crippen molar-refractivity contribution in [1.82, 2.24) is 0 Å². The Bertz CT molecular complexity index is 1540. The second kappa shape index (κ2) is 9.70. The van der Waals surface area contributed by atoms with E-state index < -0.39 is 35.1 Å². The van der Waals surface area contributed by atoms with Gasteiger partial charge in [0.25, 0.3) is 0 Å². The van der Waals surface area contributed by atoms with Crippen LogP contribution in [0.15, 0.2) is 97.1 Å². The van der Waals surface area contributed by atoms with Gasteiger partial charge < -0.3 is 29.5 Å². The van der Waals surface area contributed by atoms with Crippen LogP contribution in [0.25, 0.3) is 0 Å². The van der Waals surface area contributed by atoms with Gasteiger partial charge in [-0.3, -0.25) is 4.79 Å². The Kier molecular flexibility index (Phi) is 6.28. The highest BCUT2D eigenvalue weighted by molar-refractivity contribution is 5.76. The molecule has 7 nitrogen and oxygen atoms in total. The summed E-state index contributed by atoms with van der Waals surface area (Å²) >= 11 is 0. The fourth-order valence-electron chi connectivity index (χ4n) is 6.52.